The molecule has 0 saturated carbocycles. The third-order valence-electron chi connectivity index (χ3n) is 3.83. The van der Waals surface area contributed by atoms with E-state index in [1.165, 1.54) is 0 Å². The molecule has 1 N–H and O–H groups in total. The van der Waals surface area contributed by atoms with Crippen LogP contribution in [0.25, 0.3) is 0 Å². The monoisotopic (exact) mass is 284 g/mol. The fourth-order valence-electron chi connectivity index (χ4n) is 2.85. The smallest absolute Gasteiger partial charge is 0.245 e. The van der Waals surface area contributed by atoms with Gasteiger partial charge in [-0.1, -0.05) is 13.8 Å². The van der Waals surface area contributed by atoms with Crippen molar-refractivity contribution in [2.45, 2.75) is 51.6 Å². The Balaban J connectivity index is 2.08. The summed E-state index contributed by atoms with van der Waals surface area (Å²) in [6, 6.07) is 0.0284. The predicted octanol–water partition coefficient (Wildman–Crippen LogP) is 1.65. The fraction of sp³-hybridized carbons (Fsp3) is 0.857. The maximum absolute atomic E-state index is 12.6. The van der Waals surface area contributed by atoms with Gasteiger partial charge in [-0.3, -0.25) is 9.59 Å². The molecule has 0 aromatic rings. The molecule has 1 unspecified atom stereocenters. The van der Waals surface area contributed by atoms with Crippen LogP contribution < -0.4 is 5.32 Å². The van der Waals surface area contributed by atoms with E-state index < -0.39 is 0 Å². The highest BCUT2D eigenvalue weighted by atomic mass is 32.2. The molecule has 0 bridgehead atoms. The molecule has 2 rings (SSSR count). The van der Waals surface area contributed by atoms with Gasteiger partial charge in [0.1, 0.15) is 6.04 Å². The summed E-state index contributed by atoms with van der Waals surface area (Å²) in [5, 5.41) is 2.89. The number of nitrogens with zero attached hydrogens (tertiary/aromatic N) is 1. The van der Waals surface area contributed by atoms with Crippen LogP contribution in [0.5, 0.6) is 0 Å². The summed E-state index contributed by atoms with van der Waals surface area (Å²) in [4.78, 5) is 26.4. The van der Waals surface area contributed by atoms with Crippen molar-refractivity contribution in [1.29, 1.82) is 0 Å². The van der Waals surface area contributed by atoms with Crippen LogP contribution in [-0.2, 0) is 9.59 Å². The zero-order chi connectivity index (χ0) is 13.8. The number of nitrogens with one attached hydrogen (secondary N) is 1. The minimum absolute atomic E-state index is 0.0201. The molecule has 2 heterocycles. The molecule has 1 atom stereocenters. The molecule has 0 radical (unpaired) electrons. The summed E-state index contributed by atoms with van der Waals surface area (Å²) in [5.41, 5.74) is 0. The number of carbonyl (C=O) groups is 2. The van der Waals surface area contributed by atoms with E-state index >= 15 is 0 Å². The third-order valence-corrected chi connectivity index (χ3v) is 4.88. The Morgan fingerprint density at radius 2 is 2.00 bits per heavy atom. The first-order valence-corrected chi connectivity index (χ1v) is 8.41. The van der Waals surface area contributed by atoms with E-state index in [1.54, 1.807) is 0 Å². The highest BCUT2D eigenvalue weighted by Gasteiger charge is 2.34. The molecule has 2 aliphatic rings. The van der Waals surface area contributed by atoms with Crippen molar-refractivity contribution < 1.29 is 9.59 Å². The summed E-state index contributed by atoms with van der Waals surface area (Å²) in [7, 11) is 0. The van der Waals surface area contributed by atoms with Gasteiger partial charge in [0, 0.05) is 19.0 Å². The van der Waals surface area contributed by atoms with Gasteiger partial charge in [0.15, 0.2) is 0 Å². The van der Waals surface area contributed by atoms with Crippen LogP contribution in [0.1, 0.15) is 39.5 Å². The van der Waals surface area contributed by atoms with Crippen molar-refractivity contribution in [2.75, 3.05) is 18.1 Å². The van der Waals surface area contributed by atoms with Crippen LogP contribution in [0, 0.1) is 5.92 Å². The van der Waals surface area contributed by atoms with Gasteiger partial charge < -0.3 is 10.2 Å². The van der Waals surface area contributed by atoms with Gasteiger partial charge in [0.25, 0.3) is 0 Å². The molecule has 2 aliphatic heterocycles. The number of carbonyl (C=O) groups excluding carboxylic acids is 2. The zero-order valence-corrected chi connectivity index (χ0v) is 12.7. The average molecular weight is 284 g/mol. The summed E-state index contributed by atoms with van der Waals surface area (Å²) in [6.45, 7) is 4.77. The lowest BCUT2D eigenvalue weighted by Crippen LogP contribution is -2.49. The normalized spacial score (nSPS) is 26.5. The third kappa shape index (κ3) is 3.88. The maximum atomic E-state index is 12.6. The van der Waals surface area contributed by atoms with Crippen LogP contribution in [-0.4, -0.2) is 46.8 Å². The van der Waals surface area contributed by atoms with Gasteiger partial charge in [-0.25, -0.2) is 0 Å². The van der Waals surface area contributed by atoms with Crippen molar-refractivity contribution in [3.8, 4) is 0 Å². The number of amides is 2. The van der Waals surface area contributed by atoms with Crippen molar-refractivity contribution in [3.05, 3.63) is 0 Å². The van der Waals surface area contributed by atoms with Gasteiger partial charge in [-0.2, -0.15) is 11.8 Å². The summed E-state index contributed by atoms with van der Waals surface area (Å²) < 4.78 is 0. The molecule has 0 aromatic heterocycles. The Labute approximate surface area is 119 Å². The Kier molecular flexibility index (Phi) is 5.13. The van der Waals surface area contributed by atoms with Crippen LogP contribution in [0.4, 0.5) is 0 Å². The van der Waals surface area contributed by atoms with Crippen LogP contribution >= 0.6 is 11.8 Å². The van der Waals surface area contributed by atoms with E-state index in [4.69, 9.17) is 0 Å². The molecule has 19 heavy (non-hydrogen) atoms. The van der Waals surface area contributed by atoms with E-state index in [1.807, 2.05) is 16.7 Å². The maximum Gasteiger partial charge on any atom is 0.245 e. The second-order valence-corrected chi connectivity index (χ2v) is 7.10. The Hall–Kier alpha value is -0.710. The molecule has 0 spiro atoms. The summed E-state index contributed by atoms with van der Waals surface area (Å²) in [5.74, 6) is 2.83. The van der Waals surface area contributed by atoms with Gasteiger partial charge in [0.05, 0.1) is 0 Å². The molecule has 5 heteroatoms. The molecule has 2 saturated heterocycles. The highest BCUT2D eigenvalue weighted by molar-refractivity contribution is 7.99. The Morgan fingerprint density at radius 3 is 2.63 bits per heavy atom. The number of hydrogen-bond acceptors (Lipinski definition) is 3. The first kappa shape index (κ1) is 14.7. The molecular weight excluding hydrogens is 260 g/mol. The van der Waals surface area contributed by atoms with Crippen molar-refractivity contribution in [3.63, 3.8) is 0 Å². The van der Waals surface area contributed by atoms with E-state index in [-0.39, 0.29) is 17.9 Å². The largest absolute Gasteiger partial charge is 0.344 e. The Bertz CT molecular complexity index is 340. The van der Waals surface area contributed by atoms with Crippen molar-refractivity contribution in [1.82, 2.24) is 10.2 Å². The quantitative estimate of drug-likeness (QED) is 0.857. The molecule has 0 aliphatic carbocycles. The topological polar surface area (TPSA) is 49.4 Å². The molecule has 2 amide bonds. The molecular formula is C14H24N2O2S. The first-order chi connectivity index (χ1) is 9.08. The summed E-state index contributed by atoms with van der Waals surface area (Å²) >= 11 is 1.96. The number of hydrogen-bond donors (Lipinski definition) is 1. The van der Waals surface area contributed by atoms with E-state index in [2.05, 4.69) is 19.2 Å². The SMILES string of the molecule is CC(C)CC1NC(=O)CCN(C2CCSCC2)C1=O. The Morgan fingerprint density at radius 1 is 1.32 bits per heavy atom. The molecule has 108 valence electrons. The van der Waals surface area contributed by atoms with E-state index in [9.17, 15) is 9.59 Å². The lowest BCUT2D eigenvalue weighted by Gasteiger charge is -2.34. The second kappa shape index (κ2) is 6.64. The molecule has 0 aromatic carbocycles. The predicted molar refractivity (Wildman–Crippen MR) is 78.1 cm³/mol. The van der Waals surface area contributed by atoms with E-state index in [0.29, 0.717) is 24.9 Å². The van der Waals surface area contributed by atoms with Crippen molar-refractivity contribution >= 4 is 23.6 Å². The molecule has 4 nitrogen and oxygen atoms in total. The van der Waals surface area contributed by atoms with Crippen molar-refractivity contribution in [2.24, 2.45) is 5.92 Å². The average Bonchev–Trinajstić information content (AvgIpc) is 2.51. The standard InChI is InChI=1S/C14H24N2O2S/c1-10(2)9-12-14(18)16(6-3-13(17)15-12)11-4-7-19-8-5-11/h10-12H,3-9H2,1-2H3,(H,15,17). The van der Waals surface area contributed by atoms with Gasteiger partial charge >= 0.3 is 0 Å². The number of rotatable bonds is 3. The zero-order valence-electron chi connectivity index (χ0n) is 11.9. The number of thioether (sulfide) groups is 1. The van der Waals surface area contributed by atoms with Crippen LogP contribution in [0.15, 0.2) is 0 Å². The van der Waals surface area contributed by atoms with Gasteiger partial charge in [0.2, 0.25) is 11.8 Å². The lowest BCUT2D eigenvalue weighted by atomic mass is 10.0. The van der Waals surface area contributed by atoms with E-state index in [0.717, 1.165) is 30.8 Å². The minimum Gasteiger partial charge on any atom is -0.344 e. The lowest BCUT2D eigenvalue weighted by molar-refractivity contribution is -0.136. The van der Waals surface area contributed by atoms with Crippen LogP contribution in [0.3, 0.4) is 0 Å². The minimum atomic E-state index is -0.315. The summed E-state index contributed by atoms with van der Waals surface area (Å²) in [6.07, 6.45) is 3.32. The molecule has 2 fully saturated rings. The van der Waals surface area contributed by atoms with Gasteiger partial charge in [-0.15, -0.1) is 0 Å². The first-order valence-electron chi connectivity index (χ1n) is 7.25. The second-order valence-electron chi connectivity index (χ2n) is 5.87. The highest BCUT2D eigenvalue weighted by Crippen LogP contribution is 2.24. The van der Waals surface area contributed by atoms with Crippen LogP contribution in [0.2, 0.25) is 0 Å². The fourth-order valence-corrected chi connectivity index (χ4v) is 3.93. The van der Waals surface area contributed by atoms with Gasteiger partial charge in [-0.05, 0) is 36.7 Å².